The molecule has 8 amide bonds. The maximum absolute atomic E-state index is 15.2. The molecule has 2 saturated heterocycles. The molecule has 1 aliphatic carbocycles. The molecule has 5 aromatic rings. The van der Waals surface area contributed by atoms with Crippen LogP contribution in [0.1, 0.15) is 109 Å². The van der Waals surface area contributed by atoms with E-state index in [9.17, 15) is 28.8 Å². The third kappa shape index (κ3) is 17.1. The summed E-state index contributed by atoms with van der Waals surface area (Å²) >= 11 is 0. The summed E-state index contributed by atoms with van der Waals surface area (Å²) in [5.74, 6) is -3.93. The maximum atomic E-state index is 15.2. The first-order valence-electron chi connectivity index (χ1n) is 30.0. The molecule has 456 valence electrons. The molecule has 0 radical (unpaired) electrons. The highest BCUT2D eigenvalue weighted by atomic mass is 33.1. The monoisotopic (exact) mass is 1210 g/mol. The zero-order chi connectivity index (χ0) is 61.0. The van der Waals surface area contributed by atoms with E-state index in [4.69, 9.17) is 21.4 Å². The van der Waals surface area contributed by atoms with E-state index in [0.717, 1.165) is 34.8 Å². The molecule has 3 aliphatic rings. The van der Waals surface area contributed by atoms with Gasteiger partial charge in [0.05, 0.1) is 33.5 Å². The zero-order valence-electron chi connectivity index (χ0n) is 49.0. The summed E-state index contributed by atoms with van der Waals surface area (Å²) in [6.45, 7) is 5.62. The number of fused-ring (bicyclic) bond motifs is 2. The minimum Gasteiger partial charge on any atom is -0.354 e. The van der Waals surface area contributed by atoms with E-state index < -0.39 is 71.7 Å². The van der Waals surface area contributed by atoms with Crippen LogP contribution in [-0.2, 0) is 48.0 Å². The van der Waals surface area contributed by atoms with Gasteiger partial charge < -0.3 is 53.2 Å². The predicted molar refractivity (Wildman–Crippen MR) is 338 cm³/mol. The maximum Gasteiger partial charge on any atom is 0.253 e. The first-order valence-corrected chi connectivity index (χ1v) is 32.5. The van der Waals surface area contributed by atoms with Gasteiger partial charge in [-0.15, -0.1) is 0 Å². The second-order valence-corrected chi connectivity index (χ2v) is 24.3. The van der Waals surface area contributed by atoms with Crippen LogP contribution in [-0.4, -0.2) is 154 Å². The van der Waals surface area contributed by atoms with Crippen molar-refractivity contribution in [3.8, 4) is 0 Å². The van der Waals surface area contributed by atoms with E-state index in [2.05, 4.69) is 31.9 Å². The number of carbonyl (C=O) groups is 8. The summed E-state index contributed by atoms with van der Waals surface area (Å²) in [4.78, 5) is 128. The number of carbonyl (C=O) groups excluding carboxylic acids is 8. The highest BCUT2D eigenvalue weighted by molar-refractivity contribution is 8.76. The van der Waals surface area contributed by atoms with Crippen LogP contribution in [0.25, 0.3) is 21.8 Å². The van der Waals surface area contributed by atoms with Crippen molar-refractivity contribution in [1.29, 1.82) is 0 Å². The number of allylic oxidation sites excluding steroid dienone is 3. The Morgan fingerprint density at radius 2 is 1.06 bits per heavy atom. The highest BCUT2D eigenvalue weighted by Gasteiger charge is 2.42. The van der Waals surface area contributed by atoms with Gasteiger partial charge in [0.1, 0.15) is 36.3 Å². The number of hydrogen-bond acceptors (Lipinski definition) is 14. The Labute approximate surface area is 510 Å². The number of rotatable bonds is 29. The van der Waals surface area contributed by atoms with Crippen molar-refractivity contribution >= 4 is 90.7 Å². The summed E-state index contributed by atoms with van der Waals surface area (Å²) in [5, 5.41) is 19.2. The summed E-state index contributed by atoms with van der Waals surface area (Å²) in [7, 11) is 2.40. The van der Waals surface area contributed by atoms with Crippen molar-refractivity contribution in [2.45, 2.75) is 127 Å². The molecule has 0 spiro atoms. The number of pyridine rings is 2. The lowest BCUT2D eigenvalue weighted by molar-refractivity contribution is -0.140. The first kappa shape index (κ1) is 64.3. The molecule has 10 N–H and O–H groups in total. The smallest absolute Gasteiger partial charge is 0.253 e. The average Bonchev–Trinajstić information content (AvgIpc) is 2.21. The molecule has 3 aromatic carbocycles. The van der Waals surface area contributed by atoms with E-state index in [-0.39, 0.29) is 54.8 Å². The van der Waals surface area contributed by atoms with Gasteiger partial charge in [0.2, 0.25) is 35.4 Å². The molecule has 0 saturated carbocycles. The normalized spacial score (nSPS) is 17.0. The lowest BCUT2D eigenvalue weighted by Crippen LogP contribution is -2.57. The van der Waals surface area contributed by atoms with Gasteiger partial charge in [0, 0.05) is 54.9 Å². The molecule has 6 atom stereocenters. The van der Waals surface area contributed by atoms with Crippen molar-refractivity contribution < 1.29 is 38.4 Å². The Hall–Kier alpha value is -7.66. The van der Waals surface area contributed by atoms with Gasteiger partial charge in [-0.2, -0.15) is 0 Å². The number of nitrogens with one attached hydrogen (secondary N) is 6. The lowest BCUT2D eigenvalue weighted by atomic mass is 9.97. The van der Waals surface area contributed by atoms with Crippen LogP contribution in [0, 0.1) is 0 Å². The fourth-order valence-electron chi connectivity index (χ4n) is 11.1. The Kier molecular flexibility index (Phi) is 24.1. The zero-order valence-corrected chi connectivity index (χ0v) is 50.7. The molecule has 20 nitrogen and oxygen atoms in total. The molecule has 4 heterocycles. The Morgan fingerprint density at radius 1 is 0.593 bits per heavy atom. The minimum atomic E-state index is -1.21. The van der Waals surface area contributed by atoms with Gasteiger partial charge in [0.25, 0.3) is 11.8 Å². The summed E-state index contributed by atoms with van der Waals surface area (Å²) < 4.78 is 0. The number of aromatic nitrogens is 2. The topological polar surface area (TPSA) is 293 Å². The first-order chi connectivity index (χ1) is 41.8. The Bertz CT molecular complexity index is 3290. The number of benzene rings is 3. The number of para-hydroxylation sites is 2. The van der Waals surface area contributed by atoms with Gasteiger partial charge in [-0.25, -0.2) is 0 Å². The Morgan fingerprint density at radius 3 is 1.51 bits per heavy atom. The van der Waals surface area contributed by atoms with Crippen LogP contribution in [0.15, 0.2) is 115 Å². The third-order valence-corrected chi connectivity index (χ3v) is 18.1. The lowest BCUT2D eigenvalue weighted by Gasteiger charge is -2.30. The Balaban J connectivity index is 1.05. The summed E-state index contributed by atoms with van der Waals surface area (Å²) in [6.07, 6.45) is 11.5. The number of hydrogen-bond donors (Lipinski definition) is 8. The van der Waals surface area contributed by atoms with Crippen LogP contribution in [0.5, 0.6) is 0 Å². The van der Waals surface area contributed by atoms with Gasteiger partial charge in [-0.05, 0) is 114 Å². The molecule has 8 rings (SSSR count). The molecular formula is C64H80N12O8S2. The standard InChI is InChI=1S/C64H80N12O8S2/c1-3-47-45(37-43-23-11-13-25-49(43)69-47)57(77)73-53(63(83)75-33-15-27-55(75)61(81)71-51(59(79)67-31-17-29-65)35-41-19-7-5-8-20-41)39-85-86-40-54(74-58(78)46-38-44-24-12-14-26-50(44)70-48(46)4-2)64(84)76-34-16-28-56(76)62(82)72-52(60(80)68-32-18-30-66)36-42-21-9-6-10-22-42/h5-9,11-14,19-21,23-26,37-38,51-56H,3-4,10,15-18,22,27-36,39-40,65-66H2,1-2H3,(H,67,79)(H,68,80)(H,71,81)(H,72,82)(H,73,77)(H,74,78)/t51-,52-,53-,54-,55-,56-/m0/s1. The number of nitrogens with two attached hydrogens (primary N) is 2. The fourth-order valence-corrected chi connectivity index (χ4v) is 13.4. The molecule has 86 heavy (non-hydrogen) atoms. The average molecular weight is 1210 g/mol. The molecular weight excluding hydrogens is 1130 g/mol. The number of nitrogens with zero attached hydrogens (tertiary/aromatic N) is 4. The molecule has 0 bridgehead atoms. The van der Waals surface area contributed by atoms with Crippen molar-refractivity contribution in [2.24, 2.45) is 11.5 Å². The number of aryl methyl sites for hydroxylation is 2. The van der Waals surface area contributed by atoms with Crippen molar-refractivity contribution in [1.82, 2.24) is 51.7 Å². The van der Waals surface area contributed by atoms with Gasteiger partial charge in [-0.1, -0.05) is 126 Å². The van der Waals surface area contributed by atoms with E-state index >= 15 is 9.59 Å². The van der Waals surface area contributed by atoms with E-state index in [1.807, 2.05) is 111 Å². The highest BCUT2D eigenvalue weighted by Crippen LogP contribution is 2.29. The van der Waals surface area contributed by atoms with Crippen LogP contribution < -0.4 is 43.4 Å². The van der Waals surface area contributed by atoms with Gasteiger partial charge in [0.15, 0.2) is 0 Å². The molecule has 2 aromatic heterocycles. The third-order valence-electron chi connectivity index (χ3n) is 15.7. The molecule has 0 unspecified atom stereocenters. The van der Waals surface area contributed by atoms with Crippen LogP contribution in [0.4, 0.5) is 0 Å². The predicted octanol–water partition coefficient (Wildman–Crippen LogP) is 4.98. The van der Waals surface area contributed by atoms with E-state index in [1.54, 1.807) is 12.1 Å². The number of likely N-dealkylation sites (tertiary alicyclic amines) is 2. The minimum absolute atomic E-state index is 0.0370. The molecule has 2 aliphatic heterocycles. The van der Waals surface area contributed by atoms with Crippen LogP contribution in [0.3, 0.4) is 0 Å². The fraction of sp³-hybridized carbons (Fsp3) is 0.438. The van der Waals surface area contributed by atoms with Crippen molar-refractivity contribution in [3.63, 3.8) is 0 Å². The quantitative estimate of drug-likeness (QED) is 0.0232. The van der Waals surface area contributed by atoms with Gasteiger partial charge >= 0.3 is 0 Å². The number of amides is 8. The van der Waals surface area contributed by atoms with Crippen LogP contribution >= 0.6 is 21.6 Å². The van der Waals surface area contributed by atoms with Crippen molar-refractivity contribution in [2.75, 3.05) is 50.8 Å². The van der Waals surface area contributed by atoms with Crippen molar-refractivity contribution in [3.05, 3.63) is 143 Å². The second kappa shape index (κ2) is 32.2. The SMILES string of the molecule is CCc1nc2ccccc2cc1C(=O)N[C@@H](CSSC[C@H](NC(=O)c1cc2ccccc2nc1CC)C(=O)N1CCC[C@H]1C(=O)N[C@@H](Cc1ccccc1)C(=O)NCCCN)C(=O)N1CCC[C@H]1C(=O)N[C@@H](CC1=CC=CCC1)C(=O)NCCCN. The van der Waals surface area contributed by atoms with E-state index in [0.29, 0.717) is 106 Å². The largest absolute Gasteiger partial charge is 0.354 e. The summed E-state index contributed by atoms with van der Waals surface area (Å²) in [5.41, 5.74) is 16.3. The second-order valence-electron chi connectivity index (χ2n) is 21.7. The van der Waals surface area contributed by atoms with Crippen LogP contribution in [0.2, 0.25) is 0 Å². The molecule has 22 heteroatoms. The summed E-state index contributed by atoms with van der Waals surface area (Å²) in [6, 6.07) is 21.5. The van der Waals surface area contributed by atoms with E-state index in [1.165, 1.54) is 31.4 Å². The van der Waals surface area contributed by atoms with Gasteiger partial charge in [-0.3, -0.25) is 48.3 Å². The molecule has 2 fully saturated rings.